The van der Waals surface area contributed by atoms with Gasteiger partial charge >= 0.3 is 0 Å². The summed E-state index contributed by atoms with van der Waals surface area (Å²) in [6.45, 7) is 2.01. The van der Waals surface area contributed by atoms with Crippen LogP contribution < -0.4 is 15.0 Å². The molecule has 0 atom stereocenters. The highest BCUT2D eigenvalue weighted by Crippen LogP contribution is 2.32. The molecule has 0 N–H and O–H groups in total. The molecule has 5 rings (SSSR count). The zero-order valence-electron chi connectivity index (χ0n) is 18.6. The van der Waals surface area contributed by atoms with Crippen LogP contribution in [0.25, 0.3) is 27.3 Å². The summed E-state index contributed by atoms with van der Waals surface area (Å²) in [6, 6.07) is 15.1. The molecule has 0 spiro atoms. The Morgan fingerprint density at radius 3 is 2.59 bits per heavy atom. The number of thiophene rings is 1. The van der Waals surface area contributed by atoms with E-state index >= 15 is 0 Å². The van der Waals surface area contributed by atoms with Gasteiger partial charge in [0.2, 0.25) is 11.7 Å². The van der Waals surface area contributed by atoms with Crippen LogP contribution in [-0.2, 0) is 5.75 Å². The first-order valence-electron chi connectivity index (χ1n) is 10.3. The molecule has 8 nitrogen and oxygen atoms in total. The molecule has 0 fully saturated rings. The summed E-state index contributed by atoms with van der Waals surface area (Å²) in [6.07, 6.45) is 0. The molecule has 3 aromatic heterocycles. The van der Waals surface area contributed by atoms with Crippen molar-refractivity contribution in [1.29, 1.82) is 0 Å². The van der Waals surface area contributed by atoms with E-state index in [1.165, 1.54) is 23.1 Å². The van der Waals surface area contributed by atoms with Crippen LogP contribution in [0.2, 0.25) is 0 Å². The highest BCUT2D eigenvalue weighted by atomic mass is 32.2. The molecule has 10 heteroatoms. The zero-order valence-corrected chi connectivity index (χ0v) is 20.3. The standard InChI is InChI=1S/C24H20N4O4S2/c1-14-4-7-16(8-5-14)28-23(29)21-17(10-11-33-21)25-24(28)34-13-20-26-22(27-32-20)15-6-9-18(30-2)19(12-15)31-3/h4-12H,13H2,1-3H3. The number of nitrogens with zero attached hydrogens (tertiary/aromatic N) is 4. The predicted molar refractivity (Wildman–Crippen MR) is 132 cm³/mol. The smallest absolute Gasteiger partial charge is 0.276 e. The summed E-state index contributed by atoms with van der Waals surface area (Å²) < 4.78 is 18.4. The number of ether oxygens (including phenoxy) is 2. The summed E-state index contributed by atoms with van der Waals surface area (Å²) in [5.41, 5.74) is 3.20. The van der Waals surface area contributed by atoms with Gasteiger partial charge in [-0.05, 0) is 48.7 Å². The quantitative estimate of drug-likeness (QED) is 0.228. The van der Waals surface area contributed by atoms with E-state index in [0.717, 1.165) is 16.8 Å². The van der Waals surface area contributed by atoms with Gasteiger partial charge in [-0.25, -0.2) is 4.98 Å². The van der Waals surface area contributed by atoms with Crippen molar-refractivity contribution in [1.82, 2.24) is 19.7 Å². The van der Waals surface area contributed by atoms with Gasteiger partial charge in [0.05, 0.1) is 31.2 Å². The first kappa shape index (κ1) is 22.2. The van der Waals surface area contributed by atoms with Crippen LogP contribution in [-0.4, -0.2) is 33.9 Å². The van der Waals surface area contributed by atoms with E-state index in [2.05, 4.69) is 10.1 Å². The second kappa shape index (κ2) is 9.32. The molecular formula is C24H20N4O4S2. The third-order valence-electron chi connectivity index (χ3n) is 5.18. The second-order valence-corrected chi connectivity index (χ2v) is 9.23. The maximum Gasteiger partial charge on any atom is 0.276 e. The van der Waals surface area contributed by atoms with E-state index in [9.17, 15) is 4.79 Å². The summed E-state index contributed by atoms with van der Waals surface area (Å²) in [4.78, 5) is 22.5. The number of hydrogen-bond donors (Lipinski definition) is 0. The molecular weight excluding hydrogens is 472 g/mol. The Kier molecular flexibility index (Phi) is 6.08. The van der Waals surface area contributed by atoms with E-state index in [0.29, 0.717) is 44.3 Å². The fraction of sp³-hybridized carbons (Fsp3) is 0.167. The molecule has 0 saturated heterocycles. The molecule has 3 heterocycles. The fourth-order valence-corrected chi connectivity index (χ4v) is 5.05. The van der Waals surface area contributed by atoms with Crippen molar-refractivity contribution < 1.29 is 14.0 Å². The molecule has 0 saturated carbocycles. The maximum absolute atomic E-state index is 13.3. The van der Waals surface area contributed by atoms with Gasteiger partial charge in [0.25, 0.3) is 5.56 Å². The highest BCUT2D eigenvalue weighted by Gasteiger charge is 2.17. The number of benzene rings is 2. The second-order valence-electron chi connectivity index (χ2n) is 7.38. The fourth-order valence-electron chi connectivity index (χ4n) is 3.44. The van der Waals surface area contributed by atoms with Crippen LogP contribution in [0, 0.1) is 6.92 Å². The number of thioether (sulfide) groups is 1. The number of fused-ring (bicyclic) bond motifs is 1. The van der Waals surface area contributed by atoms with Gasteiger partial charge in [-0.2, -0.15) is 4.98 Å². The normalized spacial score (nSPS) is 11.1. The van der Waals surface area contributed by atoms with E-state index in [4.69, 9.17) is 19.0 Å². The predicted octanol–water partition coefficient (Wildman–Crippen LogP) is 5.12. The minimum Gasteiger partial charge on any atom is -0.493 e. The largest absolute Gasteiger partial charge is 0.493 e. The van der Waals surface area contributed by atoms with Crippen molar-refractivity contribution >= 4 is 33.3 Å². The first-order chi connectivity index (χ1) is 16.6. The van der Waals surface area contributed by atoms with Crippen molar-refractivity contribution in [3.05, 3.63) is 75.7 Å². The summed E-state index contributed by atoms with van der Waals surface area (Å²) in [5.74, 6) is 2.41. The van der Waals surface area contributed by atoms with Gasteiger partial charge in [-0.15, -0.1) is 11.3 Å². The molecule has 5 aromatic rings. The van der Waals surface area contributed by atoms with Crippen LogP contribution in [0.3, 0.4) is 0 Å². The molecule has 0 aliphatic carbocycles. The van der Waals surface area contributed by atoms with E-state index in [1.807, 2.05) is 48.7 Å². The monoisotopic (exact) mass is 492 g/mol. The van der Waals surface area contributed by atoms with Crippen molar-refractivity contribution in [3.8, 4) is 28.6 Å². The summed E-state index contributed by atoms with van der Waals surface area (Å²) >= 11 is 2.76. The highest BCUT2D eigenvalue weighted by molar-refractivity contribution is 7.98. The number of aromatic nitrogens is 4. The van der Waals surface area contributed by atoms with Crippen LogP contribution in [0.1, 0.15) is 11.5 Å². The van der Waals surface area contributed by atoms with Crippen molar-refractivity contribution in [2.75, 3.05) is 14.2 Å². The van der Waals surface area contributed by atoms with Crippen molar-refractivity contribution in [3.63, 3.8) is 0 Å². The molecule has 0 aliphatic rings. The van der Waals surface area contributed by atoms with Crippen LogP contribution in [0.4, 0.5) is 0 Å². The molecule has 34 heavy (non-hydrogen) atoms. The van der Waals surface area contributed by atoms with E-state index in [-0.39, 0.29) is 5.56 Å². The van der Waals surface area contributed by atoms with Gasteiger partial charge in [-0.3, -0.25) is 9.36 Å². The lowest BCUT2D eigenvalue weighted by Gasteiger charge is -2.11. The number of rotatable bonds is 7. The maximum atomic E-state index is 13.3. The molecule has 0 bridgehead atoms. The molecule has 0 unspecified atom stereocenters. The average Bonchev–Trinajstić information content (AvgIpc) is 3.53. The molecule has 0 aliphatic heterocycles. The lowest BCUT2D eigenvalue weighted by molar-refractivity contribution is 0.355. The number of hydrogen-bond acceptors (Lipinski definition) is 9. The van der Waals surface area contributed by atoms with Crippen LogP contribution >= 0.6 is 23.1 Å². The molecule has 0 radical (unpaired) electrons. The first-order valence-corrected chi connectivity index (χ1v) is 12.2. The Morgan fingerprint density at radius 2 is 1.82 bits per heavy atom. The van der Waals surface area contributed by atoms with Gasteiger partial charge in [0.15, 0.2) is 16.7 Å². The van der Waals surface area contributed by atoms with Crippen molar-refractivity contribution in [2.24, 2.45) is 0 Å². The third kappa shape index (κ3) is 4.17. The number of aryl methyl sites for hydroxylation is 1. The minimum atomic E-state index is -0.0945. The molecule has 2 aromatic carbocycles. The molecule has 0 amide bonds. The SMILES string of the molecule is COc1ccc(-c2noc(CSc3nc4ccsc4c(=O)n3-c3ccc(C)cc3)n2)cc1OC. The Hall–Kier alpha value is -3.63. The Labute approximate surface area is 203 Å². The third-order valence-corrected chi connectivity index (χ3v) is 6.99. The zero-order chi connectivity index (χ0) is 23.7. The lowest BCUT2D eigenvalue weighted by atomic mass is 10.2. The molecule has 172 valence electrons. The van der Waals surface area contributed by atoms with Gasteiger partial charge in [0.1, 0.15) is 4.70 Å². The topological polar surface area (TPSA) is 92.3 Å². The van der Waals surface area contributed by atoms with Crippen LogP contribution in [0.5, 0.6) is 11.5 Å². The Morgan fingerprint density at radius 1 is 1.03 bits per heavy atom. The Balaban J connectivity index is 1.45. The summed E-state index contributed by atoms with van der Waals surface area (Å²) in [5, 5.41) is 6.53. The van der Waals surface area contributed by atoms with Gasteiger partial charge in [0, 0.05) is 5.56 Å². The van der Waals surface area contributed by atoms with Crippen LogP contribution in [0.15, 0.2) is 68.4 Å². The van der Waals surface area contributed by atoms with E-state index < -0.39 is 0 Å². The number of methoxy groups -OCH3 is 2. The lowest BCUT2D eigenvalue weighted by Crippen LogP contribution is -2.20. The van der Waals surface area contributed by atoms with Gasteiger partial charge < -0.3 is 14.0 Å². The van der Waals surface area contributed by atoms with Crippen molar-refractivity contribution in [2.45, 2.75) is 17.8 Å². The average molecular weight is 493 g/mol. The van der Waals surface area contributed by atoms with E-state index in [1.54, 1.807) is 30.9 Å². The summed E-state index contributed by atoms with van der Waals surface area (Å²) in [7, 11) is 3.16. The minimum absolute atomic E-state index is 0.0945. The van der Waals surface area contributed by atoms with Gasteiger partial charge in [-0.1, -0.05) is 34.6 Å². The Bertz CT molecular complexity index is 1520.